The molecule has 1 N–H and O–H groups in total. The van der Waals surface area contributed by atoms with Crippen LogP contribution in [0.4, 0.5) is 10.1 Å². The van der Waals surface area contributed by atoms with E-state index in [0.29, 0.717) is 0 Å². The maximum atomic E-state index is 12.9. The molecule has 0 aliphatic heterocycles. The first-order valence-electron chi connectivity index (χ1n) is 4.49. The van der Waals surface area contributed by atoms with Gasteiger partial charge in [-0.3, -0.25) is 10.1 Å². The van der Waals surface area contributed by atoms with Crippen molar-refractivity contribution in [3.63, 3.8) is 0 Å². The Morgan fingerprint density at radius 3 is 2.81 bits per heavy atom. The van der Waals surface area contributed by atoms with Crippen molar-refractivity contribution >= 4 is 5.69 Å². The Balaban J connectivity index is 3.17. The van der Waals surface area contributed by atoms with Crippen molar-refractivity contribution in [2.24, 2.45) is 0 Å². The third-order valence-electron chi connectivity index (χ3n) is 2.08. The van der Waals surface area contributed by atoms with Gasteiger partial charge in [-0.05, 0) is 19.1 Å². The summed E-state index contributed by atoms with van der Waals surface area (Å²) < 4.78 is 12.9. The molecule has 0 fully saturated rings. The summed E-state index contributed by atoms with van der Waals surface area (Å²) >= 11 is 0. The van der Waals surface area contributed by atoms with E-state index in [-0.39, 0.29) is 17.7 Å². The van der Waals surface area contributed by atoms with Gasteiger partial charge in [0.2, 0.25) is 0 Å². The van der Waals surface area contributed by atoms with Crippen LogP contribution in [0, 0.1) is 28.3 Å². The van der Waals surface area contributed by atoms with Gasteiger partial charge in [-0.2, -0.15) is 0 Å². The van der Waals surface area contributed by atoms with Gasteiger partial charge >= 0.3 is 0 Å². The van der Waals surface area contributed by atoms with Crippen LogP contribution in [0.1, 0.15) is 12.5 Å². The topological polar surface area (TPSA) is 63.4 Å². The fourth-order valence-corrected chi connectivity index (χ4v) is 1.30. The van der Waals surface area contributed by atoms with Crippen molar-refractivity contribution in [2.45, 2.75) is 18.9 Å². The zero-order valence-corrected chi connectivity index (χ0v) is 8.61. The van der Waals surface area contributed by atoms with Gasteiger partial charge in [0.1, 0.15) is 11.4 Å². The Labute approximate surface area is 91.9 Å². The third kappa shape index (κ3) is 2.78. The van der Waals surface area contributed by atoms with Crippen LogP contribution >= 0.6 is 0 Å². The second-order valence-electron chi connectivity index (χ2n) is 3.63. The average molecular weight is 223 g/mol. The summed E-state index contributed by atoms with van der Waals surface area (Å²) in [5, 5.41) is 20.2. The lowest BCUT2D eigenvalue weighted by Crippen LogP contribution is -2.25. The van der Waals surface area contributed by atoms with Crippen molar-refractivity contribution in [2.75, 3.05) is 0 Å². The summed E-state index contributed by atoms with van der Waals surface area (Å²) in [5.41, 5.74) is -1.71. The monoisotopic (exact) mass is 223 g/mol. The number of rotatable bonds is 3. The van der Waals surface area contributed by atoms with Gasteiger partial charge in [0.05, 0.1) is 4.92 Å². The van der Waals surface area contributed by atoms with Crippen LogP contribution in [0.15, 0.2) is 18.2 Å². The second-order valence-corrected chi connectivity index (χ2v) is 3.63. The van der Waals surface area contributed by atoms with Gasteiger partial charge < -0.3 is 5.11 Å². The normalized spacial score (nSPS) is 13.9. The lowest BCUT2D eigenvalue weighted by molar-refractivity contribution is -0.385. The number of benzene rings is 1. The highest BCUT2D eigenvalue weighted by Gasteiger charge is 2.23. The molecule has 0 radical (unpaired) electrons. The van der Waals surface area contributed by atoms with Crippen molar-refractivity contribution in [1.29, 1.82) is 0 Å². The first-order chi connectivity index (χ1) is 7.35. The zero-order chi connectivity index (χ0) is 12.3. The number of terminal acetylenes is 1. The molecule has 84 valence electrons. The predicted molar refractivity (Wildman–Crippen MR) is 56.2 cm³/mol. The van der Waals surface area contributed by atoms with E-state index in [1.165, 1.54) is 6.92 Å². The number of hydrogen-bond acceptors (Lipinski definition) is 3. The second kappa shape index (κ2) is 4.29. The van der Waals surface area contributed by atoms with Gasteiger partial charge in [0.15, 0.2) is 0 Å². The van der Waals surface area contributed by atoms with Crippen molar-refractivity contribution in [3.05, 3.63) is 39.7 Å². The zero-order valence-electron chi connectivity index (χ0n) is 8.61. The van der Waals surface area contributed by atoms with Gasteiger partial charge in [-0.15, -0.1) is 6.42 Å². The SMILES string of the molecule is C#CC(C)(O)Cc1cc(F)ccc1[N+](=O)[O-]. The fraction of sp³-hybridized carbons (Fsp3) is 0.273. The minimum atomic E-state index is -1.53. The molecule has 0 aromatic heterocycles. The molecule has 0 amide bonds. The molecule has 0 heterocycles. The minimum absolute atomic E-state index is 0.0768. The number of halogens is 1. The lowest BCUT2D eigenvalue weighted by atomic mass is 9.96. The summed E-state index contributed by atoms with van der Waals surface area (Å²) in [6.07, 6.45) is 4.89. The molecule has 0 aliphatic rings. The van der Waals surface area contributed by atoms with Crippen molar-refractivity contribution in [3.8, 4) is 12.3 Å². The number of hydrogen-bond donors (Lipinski definition) is 1. The summed E-state index contributed by atoms with van der Waals surface area (Å²) in [6, 6.07) is 3.05. The third-order valence-corrected chi connectivity index (χ3v) is 2.08. The lowest BCUT2D eigenvalue weighted by Gasteiger charge is -2.15. The van der Waals surface area contributed by atoms with E-state index >= 15 is 0 Å². The molecule has 0 bridgehead atoms. The summed E-state index contributed by atoms with van der Waals surface area (Å²) in [5.74, 6) is 1.48. The van der Waals surface area contributed by atoms with Crippen LogP contribution in [0.25, 0.3) is 0 Å². The molecule has 1 atom stereocenters. The quantitative estimate of drug-likeness (QED) is 0.481. The number of aliphatic hydroxyl groups is 1. The Kier molecular flexibility index (Phi) is 3.25. The van der Waals surface area contributed by atoms with Crippen molar-refractivity contribution in [1.82, 2.24) is 0 Å². The molecule has 0 aliphatic carbocycles. The Hall–Kier alpha value is -1.93. The van der Waals surface area contributed by atoms with Gasteiger partial charge in [-0.1, -0.05) is 5.92 Å². The van der Waals surface area contributed by atoms with E-state index < -0.39 is 16.3 Å². The highest BCUT2D eigenvalue weighted by Crippen LogP contribution is 2.23. The van der Waals surface area contributed by atoms with E-state index in [1.54, 1.807) is 0 Å². The van der Waals surface area contributed by atoms with Crippen molar-refractivity contribution < 1.29 is 14.4 Å². The predicted octanol–water partition coefficient (Wildman–Crippen LogP) is 1.66. The van der Waals surface area contributed by atoms with E-state index in [0.717, 1.165) is 18.2 Å². The van der Waals surface area contributed by atoms with Crippen LogP contribution in [-0.2, 0) is 6.42 Å². The summed E-state index contributed by atoms with van der Waals surface area (Å²) in [4.78, 5) is 10.0. The maximum absolute atomic E-state index is 12.9. The van der Waals surface area contributed by atoms with Crippen LogP contribution in [-0.4, -0.2) is 15.6 Å². The Morgan fingerprint density at radius 2 is 2.31 bits per heavy atom. The molecule has 5 heteroatoms. The van der Waals surface area contributed by atoms with Crippen LogP contribution in [0.3, 0.4) is 0 Å². The maximum Gasteiger partial charge on any atom is 0.272 e. The minimum Gasteiger partial charge on any atom is -0.378 e. The number of nitrogens with zero attached hydrogens (tertiary/aromatic N) is 1. The molecular formula is C11H10FNO3. The highest BCUT2D eigenvalue weighted by molar-refractivity contribution is 5.42. The Morgan fingerprint density at radius 1 is 1.69 bits per heavy atom. The summed E-state index contributed by atoms with van der Waals surface area (Å²) in [7, 11) is 0. The molecule has 16 heavy (non-hydrogen) atoms. The molecule has 4 nitrogen and oxygen atoms in total. The van der Waals surface area contributed by atoms with Gasteiger partial charge in [0.25, 0.3) is 5.69 Å². The van der Waals surface area contributed by atoms with E-state index in [1.807, 2.05) is 0 Å². The molecule has 1 unspecified atom stereocenters. The first-order valence-corrected chi connectivity index (χ1v) is 4.49. The number of nitro benzene ring substituents is 1. The largest absolute Gasteiger partial charge is 0.378 e. The van der Waals surface area contributed by atoms with Crippen LogP contribution in [0.5, 0.6) is 0 Å². The highest BCUT2D eigenvalue weighted by atomic mass is 19.1. The molecule has 0 saturated carbocycles. The summed E-state index contributed by atoms with van der Waals surface area (Å²) in [6.45, 7) is 1.33. The Bertz CT molecular complexity index is 463. The smallest absolute Gasteiger partial charge is 0.272 e. The number of nitro groups is 1. The van der Waals surface area contributed by atoms with E-state index in [9.17, 15) is 19.6 Å². The molecule has 1 aromatic carbocycles. The fourth-order valence-electron chi connectivity index (χ4n) is 1.30. The van der Waals surface area contributed by atoms with E-state index in [4.69, 9.17) is 6.42 Å². The molecular weight excluding hydrogens is 213 g/mol. The first kappa shape index (κ1) is 12.1. The molecule has 0 saturated heterocycles. The van der Waals surface area contributed by atoms with Crippen LogP contribution in [0.2, 0.25) is 0 Å². The van der Waals surface area contributed by atoms with Crippen LogP contribution < -0.4 is 0 Å². The standard InChI is InChI=1S/C11H10FNO3/c1-3-11(2,14)7-8-6-9(12)4-5-10(8)13(15)16/h1,4-6,14H,7H2,2H3. The van der Waals surface area contributed by atoms with Gasteiger partial charge in [-0.25, -0.2) is 4.39 Å². The average Bonchev–Trinajstić information content (AvgIpc) is 2.16. The van der Waals surface area contributed by atoms with Gasteiger partial charge in [0, 0.05) is 18.1 Å². The van der Waals surface area contributed by atoms with E-state index in [2.05, 4.69) is 5.92 Å². The molecule has 1 rings (SSSR count). The molecule has 1 aromatic rings. The molecule has 0 spiro atoms.